The molecule has 0 bridgehead atoms. The number of amides is 1. The van der Waals surface area contributed by atoms with Crippen molar-refractivity contribution in [2.45, 2.75) is 19.4 Å². The van der Waals surface area contributed by atoms with Crippen LogP contribution in [0, 0.1) is 0 Å². The lowest BCUT2D eigenvalue weighted by atomic mass is 10.2. The summed E-state index contributed by atoms with van der Waals surface area (Å²) in [6.45, 7) is 1.48. The highest BCUT2D eigenvalue weighted by Crippen LogP contribution is 2.28. The maximum absolute atomic E-state index is 12.3. The van der Waals surface area contributed by atoms with Gasteiger partial charge in [0.05, 0.1) is 19.2 Å². The molecule has 1 aromatic heterocycles. The quantitative estimate of drug-likeness (QED) is 0.649. The van der Waals surface area contributed by atoms with E-state index < -0.39 is 18.0 Å². The fourth-order valence-corrected chi connectivity index (χ4v) is 2.68. The highest BCUT2D eigenvalue weighted by molar-refractivity contribution is 6.31. The first-order valence-electron chi connectivity index (χ1n) is 8.15. The van der Waals surface area contributed by atoms with Crippen molar-refractivity contribution in [1.82, 2.24) is 5.16 Å². The molecule has 8 heteroatoms. The van der Waals surface area contributed by atoms with Gasteiger partial charge in [-0.2, -0.15) is 0 Å². The molecular formula is C19H17ClN2O5. The number of carbonyl (C=O) groups is 2. The molecule has 3 rings (SSSR count). The lowest BCUT2D eigenvalue weighted by molar-refractivity contribution is -0.152. The van der Waals surface area contributed by atoms with Crippen molar-refractivity contribution >= 4 is 40.1 Å². The van der Waals surface area contributed by atoms with E-state index in [9.17, 15) is 9.59 Å². The van der Waals surface area contributed by atoms with Crippen molar-refractivity contribution in [3.63, 3.8) is 0 Å². The molecule has 0 aliphatic rings. The Hall–Kier alpha value is -3.06. The summed E-state index contributed by atoms with van der Waals surface area (Å²) in [5, 5.41) is 7.69. The van der Waals surface area contributed by atoms with Crippen molar-refractivity contribution in [2.75, 3.05) is 12.4 Å². The molecule has 2 aromatic carbocycles. The van der Waals surface area contributed by atoms with Crippen LogP contribution in [0.25, 0.3) is 11.0 Å². The van der Waals surface area contributed by atoms with Gasteiger partial charge >= 0.3 is 5.97 Å². The van der Waals surface area contributed by atoms with Crippen molar-refractivity contribution < 1.29 is 23.6 Å². The monoisotopic (exact) mass is 388 g/mol. The minimum atomic E-state index is -1.01. The number of fused-ring (bicyclic) bond motifs is 1. The van der Waals surface area contributed by atoms with Gasteiger partial charge in [-0.15, -0.1) is 0 Å². The zero-order chi connectivity index (χ0) is 19.4. The third-order valence-electron chi connectivity index (χ3n) is 3.86. The zero-order valence-electron chi connectivity index (χ0n) is 14.7. The fourth-order valence-electron chi connectivity index (χ4n) is 2.51. The van der Waals surface area contributed by atoms with Gasteiger partial charge in [0.25, 0.3) is 5.91 Å². The first-order valence-corrected chi connectivity index (χ1v) is 8.53. The second-order valence-corrected chi connectivity index (χ2v) is 6.20. The van der Waals surface area contributed by atoms with E-state index in [2.05, 4.69) is 10.5 Å². The third kappa shape index (κ3) is 4.38. The van der Waals surface area contributed by atoms with E-state index in [0.717, 1.165) is 5.39 Å². The third-order valence-corrected chi connectivity index (χ3v) is 4.10. The van der Waals surface area contributed by atoms with Crippen LogP contribution in [-0.4, -0.2) is 30.2 Å². The summed E-state index contributed by atoms with van der Waals surface area (Å²) in [6, 6.07) is 12.0. The smallest absolute Gasteiger partial charge is 0.312 e. The number of methoxy groups -OCH3 is 1. The number of carbonyl (C=O) groups excluding carboxylic acids is 2. The molecule has 1 heterocycles. The lowest BCUT2D eigenvalue weighted by Crippen LogP contribution is -2.30. The minimum absolute atomic E-state index is 0.102. The van der Waals surface area contributed by atoms with Crippen LogP contribution < -0.4 is 10.1 Å². The molecular weight excluding hydrogens is 372 g/mol. The van der Waals surface area contributed by atoms with Gasteiger partial charge in [0.1, 0.15) is 11.4 Å². The second kappa shape index (κ2) is 8.09. The summed E-state index contributed by atoms with van der Waals surface area (Å²) in [7, 11) is 1.48. The second-order valence-electron chi connectivity index (χ2n) is 5.77. The molecule has 0 fully saturated rings. The van der Waals surface area contributed by atoms with Crippen LogP contribution in [-0.2, 0) is 20.7 Å². The number of rotatable bonds is 6. The standard InChI is InChI=1S/C19H17ClN2O5/c1-11(19(24)21-15-9-12(20)7-8-17(15)25-2)26-18(23)10-14-13-5-3-4-6-16(13)27-22-14/h3-9,11H,10H2,1-2H3,(H,21,24)/t11-/m1/s1. The molecule has 7 nitrogen and oxygen atoms in total. The van der Waals surface area contributed by atoms with Crippen molar-refractivity contribution in [1.29, 1.82) is 0 Å². The van der Waals surface area contributed by atoms with E-state index in [1.807, 2.05) is 12.1 Å². The average Bonchev–Trinajstić information content (AvgIpc) is 3.05. The summed E-state index contributed by atoms with van der Waals surface area (Å²) in [5.41, 5.74) is 1.43. The van der Waals surface area contributed by atoms with E-state index in [1.165, 1.54) is 14.0 Å². The number of para-hydroxylation sites is 1. The Labute approximate surface area is 160 Å². The number of esters is 1. The Bertz CT molecular complexity index is 985. The fraction of sp³-hybridized carbons (Fsp3) is 0.211. The average molecular weight is 389 g/mol. The highest BCUT2D eigenvalue weighted by Gasteiger charge is 2.21. The normalized spacial score (nSPS) is 11.8. The molecule has 3 aromatic rings. The van der Waals surface area contributed by atoms with E-state index in [0.29, 0.717) is 27.7 Å². The molecule has 0 aliphatic heterocycles. The maximum atomic E-state index is 12.3. The topological polar surface area (TPSA) is 90.7 Å². The van der Waals surface area contributed by atoms with Crippen molar-refractivity contribution in [3.05, 3.63) is 53.2 Å². The number of hydrogen-bond acceptors (Lipinski definition) is 6. The van der Waals surface area contributed by atoms with Gasteiger partial charge < -0.3 is 19.3 Å². The highest BCUT2D eigenvalue weighted by atomic mass is 35.5. The van der Waals surface area contributed by atoms with E-state index in [4.69, 9.17) is 25.6 Å². The maximum Gasteiger partial charge on any atom is 0.312 e. The molecule has 1 amide bonds. The first kappa shape index (κ1) is 18.7. The Morgan fingerprint density at radius 3 is 2.81 bits per heavy atom. The summed E-state index contributed by atoms with van der Waals surface area (Å²) in [5.74, 6) is -0.649. The Morgan fingerprint density at radius 2 is 2.04 bits per heavy atom. The molecule has 0 aliphatic carbocycles. The molecule has 1 atom stereocenters. The van der Waals surface area contributed by atoms with Crippen LogP contribution in [0.2, 0.25) is 5.02 Å². The molecule has 0 saturated heterocycles. The van der Waals surface area contributed by atoms with Gasteiger partial charge in [0.2, 0.25) is 0 Å². The minimum Gasteiger partial charge on any atom is -0.495 e. The van der Waals surface area contributed by atoms with E-state index in [1.54, 1.807) is 30.3 Å². The molecule has 1 N–H and O–H groups in total. The zero-order valence-corrected chi connectivity index (χ0v) is 15.4. The number of nitrogens with one attached hydrogen (secondary N) is 1. The van der Waals surface area contributed by atoms with Crippen LogP contribution in [0.3, 0.4) is 0 Å². The summed E-state index contributed by atoms with van der Waals surface area (Å²) >= 11 is 5.94. The van der Waals surface area contributed by atoms with Gasteiger partial charge in [-0.25, -0.2) is 0 Å². The molecule has 27 heavy (non-hydrogen) atoms. The summed E-state index contributed by atoms with van der Waals surface area (Å²) < 4.78 is 15.5. The number of anilines is 1. The predicted octanol–water partition coefficient (Wildman–Crippen LogP) is 3.60. The van der Waals surface area contributed by atoms with Gasteiger partial charge in [0, 0.05) is 10.4 Å². The molecule has 0 unspecified atom stereocenters. The van der Waals surface area contributed by atoms with Crippen molar-refractivity contribution in [2.24, 2.45) is 0 Å². The molecule has 0 spiro atoms. The van der Waals surface area contributed by atoms with Gasteiger partial charge in [-0.1, -0.05) is 28.9 Å². The van der Waals surface area contributed by atoms with E-state index >= 15 is 0 Å². The molecule has 140 valence electrons. The molecule has 0 radical (unpaired) electrons. The van der Waals surface area contributed by atoms with Crippen LogP contribution in [0.5, 0.6) is 5.75 Å². The van der Waals surface area contributed by atoms with Crippen LogP contribution >= 0.6 is 11.6 Å². The van der Waals surface area contributed by atoms with E-state index in [-0.39, 0.29) is 6.42 Å². The number of ether oxygens (including phenoxy) is 2. The Balaban J connectivity index is 1.62. The largest absolute Gasteiger partial charge is 0.495 e. The molecule has 0 saturated carbocycles. The number of aromatic nitrogens is 1. The summed E-state index contributed by atoms with van der Waals surface area (Å²) in [6.07, 6.45) is -1.12. The lowest BCUT2D eigenvalue weighted by Gasteiger charge is -2.15. The van der Waals surface area contributed by atoms with Gasteiger partial charge in [-0.3, -0.25) is 9.59 Å². The number of hydrogen-bond donors (Lipinski definition) is 1. The van der Waals surface area contributed by atoms with Gasteiger partial charge in [-0.05, 0) is 37.3 Å². The predicted molar refractivity (Wildman–Crippen MR) is 99.9 cm³/mol. The van der Waals surface area contributed by atoms with Crippen molar-refractivity contribution in [3.8, 4) is 5.75 Å². The van der Waals surface area contributed by atoms with Crippen LogP contribution in [0.15, 0.2) is 47.0 Å². The SMILES string of the molecule is COc1ccc(Cl)cc1NC(=O)[C@@H](C)OC(=O)Cc1noc2ccccc12. The first-order chi connectivity index (χ1) is 13.0. The number of nitrogens with zero attached hydrogens (tertiary/aromatic N) is 1. The van der Waals surface area contributed by atoms with Crippen LogP contribution in [0.1, 0.15) is 12.6 Å². The Kier molecular flexibility index (Phi) is 5.61. The number of halogens is 1. The van der Waals surface area contributed by atoms with Gasteiger partial charge in [0.15, 0.2) is 11.7 Å². The van der Waals surface area contributed by atoms with Crippen LogP contribution in [0.4, 0.5) is 5.69 Å². The summed E-state index contributed by atoms with van der Waals surface area (Å²) in [4.78, 5) is 24.5. The number of benzene rings is 2. The Morgan fingerprint density at radius 1 is 1.26 bits per heavy atom.